The van der Waals surface area contributed by atoms with Crippen LogP contribution in [0.4, 0.5) is 10.1 Å². The summed E-state index contributed by atoms with van der Waals surface area (Å²) in [6.45, 7) is 20.8. The molecular formula is C30H49FN6O2. The molecule has 8 nitrogen and oxygen atoms in total. The predicted molar refractivity (Wildman–Crippen MR) is 154 cm³/mol. The Bertz CT molecular complexity index is 1050. The van der Waals surface area contributed by atoms with Gasteiger partial charge in [-0.2, -0.15) is 0 Å². The number of anilines is 1. The summed E-state index contributed by atoms with van der Waals surface area (Å²) in [5.74, 6) is 0.181. The van der Waals surface area contributed by atoms with E-state index in [0.717, 1.165) is 50.4 Å². The summed E-state index contributed by atoms with van der Waals surface area (Å²) in [6.07, 6.45) is 2.90. The van der Waals surface area contributed by atoms with Crippen LogP contribution in [0.2, 0.25) is 0 Å². The highest BCUT2D eigenvalue weighted by Crippen LogP contribution is 2.42. The normalized spacial score (nSPS) is 29.3. The van der Waals surface area contributed by atoms with Crippen LogP contribution in [0.25, 0.3) is 0 Å². The molecule has 218 valence electrons. The zero-order valence-electron chi connectivity index (χ0n) is 25.3. The molecular weight excluding hydrogens is 495 g/mol. The monoisotopic (exact) mass is 544 g/mol. The Labute approximate surface area is 234 Å². The lowest BCUT2D eigenvalue weighted by molar-refractivity contribution is -0.133. The van der Waals surface area contributed by atoms with Crippen molar-refractivity contribution in [1.82, 2.24) is 25.0 Å². The van der Waals surface area contributed by atoms with Gasteiger partial charge in [0.25, 0.3) is 0 Å². The molecule has 0 aromatic carbocycles. The Hall–Kier alpha value is -2.10. The third kappa shape index (κ3) is 6.30. The van der Waals surface area contributed by atoms with Crippen LogP contribution in [-0.2, 0) is 20.7 Å². The van der Waals surface area contributed by atoms with Crippen molar-refractivity contribution in [2.24, 2.45) is 0 Å². The average Bonchev–Trinajstić information content (AvgIpc) is 3.12. The van der Waals surface area contributed by atoms with Crippen molar-refractivity contribution < 1.29 is 14.0 Å². The molecule has 3 aliphatic heterocycles. The number of nitrogens with zero attached hydrogens (tertiary/aromatic N) is 5. The number of amides is 2. The molecule has 4 rings (SSSR count). The van der Waals surface area contributed by atoms with Crippen LogP contribution in [0.15, 0.2) is 12.3 Å². The number of aromatic nitrogens is 1. The number of hydrogen-bond acceptors (Lipinski definition) is 6. The minimum absolute atomic E-state index is 0.0524. The minimum Gasteiger partial charge on any atom is -0.340 e. The zero-order valence-corrected chi connectivity index (χ0v) is 25.3. The lowest BCUT2D eigenvalue weighted by Crippen LogP contribution is -2.65. The Morgan fingerprint density at radius 1 is 1.18 bits per heavy atom. The molecule has 0 spiro atoms. The Morgan fingerprint density at radius 3 is 2.46 bits per heavy atom. The molecule has 4 heterocycles. The highest BCUT2D eigenvalue weighted by molar-refractivity contribution is 5.97. The maximum Gasteiger partial charge on any atom is 0.241 e. The second kappa shape index (κ2) is 11.4. The second-order valence-electron chi connectivity index (χ2n) is 13.1. The van der Waals surface area contributed by atoms with Crippen molar-refractivity contribution in [3.63, 3.8) is 0 Å². The van der Waals surface area contributed by atoms with Crippen LogP contribution in [0.3, 0.4) is 0 Å². The topological polar surface area (TPSA) is 72.0 Å². The van der Waals surface area contributed by atoms with Gasteiger partial charge < -0.3 is 15.1 Å². The summed E-state index contributed by atoms with van der Waals surface area (Å²) < 4.78 is 15.4. The van der Waals surface area contributed by atoms with E-state index in [1.807, 2.05) is 22.8 Å². The first-order valence-electron chi connectivity index (χ1n) is 14.7. The van der Waals surface area contributed by atoms with Crippen molar-refractivity contribution >= 4 is 17.5 Å². The van der Waals surface area contributed by atoms with Crippen molar-refractivity contribution in [2.75, 3.05) is 50.7 Å². The lowest BCUT2D eigenvalue weighted by atomic mass is 9.87. The SMILES string of the molecule is CCCC(C)(F)c1cc2c(cn1)C(C)(C)CN2C(=O)CN1C[C@@H](C)NC[C@@H]1CN1[C@H](C)CN(C(C)=O)C[C@@H]1C. The highest BCUT2D eigenvalue weighted by Gasteiger charge is 2.42. The number of carbonyl (C=O) groups is 2. The van der Waals surface area contributed by atoms with E-state index >= 15 is 4.39 Å². The molecule has 2 saturated heterocycles. The van der Waals surface area contributed by atoms with Gasteiger partial charge in [0.2, 0.25) is 11.8 Å². The molecule has 1 N–H and O–H groups in total. The van der Waals surface area contributed by atoms with Gasteiger partial charge in [-0.25, -0.2) is 4.39 Å². The zero-order chi connectivity index (χ0) is 28.7. The molecule has 9 heteroatoms. The third-order valence-electron chi connectivity index (χ3n) is 9.04. The van der Waals surface area contributed by atoms with Gasteiger partial charge in [0, 0.05) is 87.5 Å². The molecule has 2 fully saturated rings. The Balaban J connectivity index is 1.52. The quantitative estimate of drug-likeness (QED) is 0.568. The number of piperazine rings is 2. The summed E-state index contributed by atoms with van der Waals surface area (Å²) in [7, 11) is 0. The number of rotatable bonds is 7. The van der Waals surface area contributed by atoms with E-state index in [4.69, 9.17) is 0 Å². The standard InChI is InChI=1S/C30H49FN6O2/c1-9-10-30(8,31)27-11-26-25(13-33-27)29(6,7)19-37(26)28(39)18-35-14-20(2)32-12-24(35)17-36-21(3)15-34(23(5)38)16-22(36)4/h11,13,20-22,24,32H,9-10,12,14-19H2,1-8H3/t20-,21-,22+,24-,30?/m1/s1. The van der Waals surface area contributed by atoms with Crippen LogP contribution in [0.5, 0.6) is 0 Å². The third-order valence-corrected chi connectivity index (χ3v) is 9.04. The van der Waals surface area contributed by atoms with E-state index in [9.17, 15) is 9.59 Å². The number of alkyl halides is 1. The molecule has 1 aromatic rings. The highest BCUT2D eigenvalue weighted by atomic mass is 19.1. The first-order chi connectivity index (χ1) is 18.2. The van der Waals surface area contributed by atoms with Crippen molar-refractivity contribution in [1.29, 1.82) is 0 Å². The Kier molecular flexibility index (Phi) is 8.74. The predicted octanol–water partition coefficient (Wildman–Crippen LogP) is 3.29. The molecule has 0 saturated carbocycles. The van der Waals surface area contributed by atoms with Crippen LogP contribution >= 0.6 is 0 Å². The average molecular weight is 545 g/mol. The molecule has 2 amide bonds. The van der Waals surface area contributed by atoms with E-state index in [2.05, 4.69) is 54.7 Å². The van der Waals surface area contributed by atoms with Crippen LogP contribution < -0.4 is 10.2 Å². The van der Waals surface area contributed by atoms with Gasteiger partial charge in [0.15, 0.2) is 0 Å². The smallest absolute Gasteiger partial charge is 0.241 e. The maximum atomic E-state index is 15.4. The van der Waals surface area contributed by atoms with E-state index in [1.54, 1.807) is 20.0 Å². The Morgan fingerprint density at radius 2 is 1.85 bits per heavy atom. The summed E-state index contributed by atoms with van der Waals surface area (Å²) in [5, 5.41) is 3.61. The summed E-state index contributed by atoms with van der Waals surface area (Å²) in [4.78, 5) is 39.0. The number of fused-ring (bicyclic) bond motifs is 1. The second-order valence-corrected chi connectivity index (χ2v) is 13.1. The molecule has 1 unspecified atom stereocenters. The number of hydrogen-bond donors (Lipinski definition) is 1. The van der Waals surface area contributed by atoms with Crippen molar-refractivity contribution in [3.05, 3.63) is 23.5 Å². The van der Waals surface area contributed by atoms with Gasteiger partial charge in [-0.1, -0.05) is 27.2 Å². The minimum atomic E-state index is -1.52. The molecule has 0 bridgehead atoms. The molecule has 0 radical (unpaired) electrons. The van der Waals surface area contributed by atoms with Crippen molar-refractivity contribution in [3.8, 4) is 0 Å². The van der Waals surface area contributed by atoms with E-state index < -0.39 is 5.67 Å². The van der Waals surface area contributed by atoms with Gasteiger partial charge in [-0.15, -0.1) is 0 Å². The first kappa shape index (κ1) is 29.9. The molecule has 3 aliphatic rings. The van der Waals surface area contributed by atoms with Gasteiger partial charge in [-0.05, 0) is 40.2 Å². The summed E-state index contributed by atoms with van der Waals surface area (Å²) in [6, 6.07) is 2.79. The van der Waals surface area contributed by atoms with Crippen molar-refractivity contribution in [2.45, 2.75) is 103 Å². The first-order valence-corrected chi connectivity index (χ1v) is 14.7. The largest absolute Gasteiger partial charge is 0.340 e. The van der Waals surface area contributed by atoms with Gasteiger partial charge in [0.05, 0.1) is 17.9 Å². The fourth-order valence-corrected chi connectivity index (χ4v) is 6.74. The van der Waals surface area contributed by atoms with Gasteiger partial charge in [0.1, 0.15) is 5.67 Å². The van der Waals surface area contributed by atoms with Crippen LogP contribution in [0, 0.1) is 0 Å². The number of carbonyl (C=O) groups excluding carboxylic acids is 2. The number of halogens is 1. The fraction of sp³-hybridized carbons (Fsp3) is 0.767. The van der Waals surface area contributed by atoms with Crippen LogP contribution in [0.1, 0.15) is 79.5 Å². The summed E-state index contributed by atoms with van der Waals surface area (Å²) >= 11 is 0. The van der Waals surface area contributed by atoms with E-state index in [1.165, 1.54) is 0 Å². The van der Waals surface area contributed by atoms with Gasteiger partial charge in [-0.3, -0.25) is 24.4 Å². The number of nitrogens with one attached hydrogen (secondary N) is 1. The van der Waals surface area contributed by atoms with Crippen LogP contribution in [-0.4, -0.2) is 101 Å². The number of pyridine rings is 1. The van der Waals surface area contributed by atoms with E-state index in [-0.39, 0.29) is 41.4 Å². The molecule has 39 heavy (non-hydrogen) atoms. The molecule has 1 aromatic heterocycles. The summed E-state index contributed by atoms with van der Waals surface area (Å²) in [5.41, 5.74) is 0.440. The molecule has 0 aliphatic carbocycles. The molecule has 5 atom stereocenters. The van der Waals surface area contributed by atoms with Gasteiger partial charge >= 0.3 is 0 Å². The fourth-order valence-electron chi connectivity index (χ4n) is 6.74. The van der Waals surface area contributed by atoms with E-state index in [0.29, 0.717) is 25.2 Å². The lowest BCUT2D eigenvalue weighted by Gasteiger charge is -2.48. The maximum absolute atomic E-state index is 15.4.